The number of aliphatic carboxylic acids is 1. The maximum Gasteiger partial charge on any atom is 0.335 e. The van der Waals surface area contributed by atoms with Crippen LogP contribution < -0.4 is 0 Å². The van der Waals surface area contributed by atoms with Crippen LogP contribution in [0.4, 0.5) is 0 Å². The van der Waals surface area contributed by atoms with Gasteiger partial charge in [0.15, 0.2) is 5.60 Å². The van der Waals surface area contributed by atoms with Crippen LogP contribution in [0.2, 0.25) is 0 Å². The van der Waals surface area contributed by atoms with Gasteiger partial charge in [-0.1, -0.05) is 36.4 Å². The summed E-state index contributed by atoms with van der Waals surface area (Å²) in [5.41, 5.74) is -1.10. The molecule has 114 valence electrons. The molecule has 3 rings (SSSR count). The third-order valence-electron chi connectivity index (χ3n) is 4.30. The maximum absolute atomic E-state index is 12.7. The predicted octanol–water partition coefficient (Wildman–Crippen LogP) is 1.89. The minimum atomic E-state index is -1.71. The lowest BCUT2D eigenvalue weighted by Crippen LogP contribution is -2.50. The molecule has 2 N–H and O–H groups in total. The van der Waals surface area contributed by atoms with Gasteiger partial charge in [0.05, 0.1) is 0 Å². The Labute approximate surface area is 127 Å². The van der Waals surface area contributed by atoms with E-state index in [-0.39, 0.29) is 31.8 Å². The van der Waals surface area contributed by atoms with Crippen LogP contribution >= 0.6 is 0 Å². The fourth-order valence-corrected chi connectivity index (χ4v) is 2.88. The number of carbonyl (C=O) groups is 2. The third-order valence-corrected chi connectivity index (χ3v) is 4.30. The van der Waals surface area contributed by atoms with Crippen LogP contribution in [0.15, 0.2) is 42.5 Å². The number of amides is 1. The first kappa shape index (κ1) is 14.5. The molecule has 5 nitrogen and oxygen atoms in total. The van der Waals surface area contributed by atoms with E-state index in [0.717, 1.165) is 10.8 Å². The number of carboxylic acid groups (broad SMARTS) is 1. The van der Waals surface area contributed by atoms with E-state index in [1.165, 1.54) is 0 Å². The molecule has 1 amide bonds. The lowest BCUT2D eigenvalue weighted by molar-refractivity contribution is -0.162. The SMILES string of the molecule is O=C(c1cccc2ccccc12)N1CCC(O)(C(=O)O)CC1. The first-order valence-corrected chi connectivity index (χ1v) is 7.24. The smallest absolute Gasteiger partial charge is 0.335 e. The van der Waals surface area contributed by atoms with E-state index < -0.39 is 11.6 Å². The molecule has 2 aromatic rings. The van der Waals surface area contributed by atoms with Gasteiger partial charge >= 0.3 is 5.97 Å². The van der Waals surface area contributed by atoms with Crippen LogP contribution in [-0.4, -0.2) is 45.7 Å². The van der Waals surface area contributed by atoms with Crippen molar-refractivity contribution in [2.24, 2.45) is 0 Å². The minimum absolute atomic E-state index is 0.0544. The summed E-state index contributed by atoms with van der Waals surface area (Å²) < 4.78 is 0. The van der Waals surface area contributed by atoms with Gasteiger partial charge in [-0.3, -0.25) is 4.79 Å². The fraction of sp³-hybridized carbons (Fsp3) is 0.294. The lowest BCUT2D eigenvalue weighted by Gasteiger charge is -2.35. The molecule has 1 saturated heterocycles. The van der Waals surface area contributed by atoms with Crippen molar-refractivity contribution < 1.29 is 19.8 Å². The molecule has 1 fully saturated rings. The zero-order valence-corrected chi connectivity index (χ0v) is 12.0. The van der Waals surface area contributed by atoms with E-state index in [2.05, 4.69) is 0 Å². The quantitative estimate of drug-likeness (QED) is 0.887. The molecule has 0 saturated carbocycles. The van der Waals surface area contributed by atoms with E-state index in [4.69, 9.17) is 5.11 Å². The number of aliphatic hydroxyl groups is 1. The highest BCUT2D eigenvalue weighted by Crippen LogP contribution is 2.26. The topological polar surface area (TPSA) is 77.8 Å². The Kier molecular flexibility index (Phi) is 3.58. The molecule has 1 aliphatic heterocycles. The zero-order valence-electron chi connectivity index (χ0n) is 12.0. The summed E-state index contributed by atoms with van der Waals surface area (Å²) in [4.78, 5) is 25.3. The lowest BCUT2D eigenvalue weighted by atomic mass is 9.91. The van der Waals surface area contributed by atoms with Crippen molar-refractivity contribution in [1.82, 2.24) is 4.90 Å². The predicted molar refractivity (Wildman–Crippen MR) is 81.7 cm³/mol. The van der Waals surface area contributed by atoms with Crippen LogP contribution in [0.5, 0.6) is 0 Å². The van der Waals surface area contributed by atoms with E-state index in [1.54, 1.807) is 11.0 Å². The van der Waals surface area contributed by atoms with Crippen molar-refractivity contribution in [3.05, 3.63) is 48.0 Å². The Morgan fingerprint density at radius 2 is 1.64 bits per heavy atom. The number of rotatable bonds is 2. The number of benzene rings is 2. The van der Waals surface area contributed by atoms with Crippen molar-refractivity contribution in [2.45, 2.75) is 18.4 Å². The highest BCUT2D eigenvalue weighted by Gasteiger charge is 2.40. The second-order valence-corrected chi connectivity index (χ2v) is 5.66. The number of nitrogens with zero attached hydrogens (tertiary/aromatic N) is 1. The average molecular weight is 299 g/mol. The number of likely N-dealkylation sites (tertiary alicyclic amines) is 1. The summed E-state index contributed by atoms with van der Waals surface area (Å²) in [6.07, 6.45) is 0.109. The second-order valence-electron chi connectivity index (χ2n) is 5.66. The van der Waals surface area contributed by atoms with Crippen LogP contribution in [-0.2, 0) is 4.79 Å². The van der Waals surface area contributed by atoms with Gasteiger partial charge in [-0.15, -0.1) is 0 Å². The molecule has 0 bridgehead atoms. The van der Waals surface area contributed by atoms with Crippen LogP contribution in [0, 0.1) is 0 Å². The number of hydrogen-bond acceptors (Lipinski definition) is 3. The Morgan fingerprint density at radius 3 is 2.32 bits per heavy atom. The molecule has 0 radical (unpaired) electrons. The molecule has 0 atom stereocenters. The van der Waals surface area contributed by atoms with Gasteiger partial charge in [-0.25, -0.2) is 4.79 Å². The molecule has 22 heavy (non-hydrogen) atoms. The monoisotopic (exact) mass is 299 g/mol. The van der Waals surface area contributed by atoms with Crippen molar-refractivity contribution in [1.29, 1.82) is 0 Å². The van der Waals surface area contributed by atoms with Gasteiger partial charge in [-0.05, 0) is 16.8 Å². The van der Waals surface area contributed by atoms with Crippen LogP contribution in [0.1, 0.15) is 23.2 Å². The van der Waals surface area contributed by atoms with E-state index in [0.29, 0.717) is 5.56 Å². The number of carboxylic acids is 1. The fourth-order valence-electron chi connectivity index (χ4n) is 2.88. The third kappa shape index (κ3) is 2.44. The molecule has 0 aliphatic carbocycles. The number of hydrogen-bond donors (Lipinski definition) is 2. The van der Waals surface area contributed by atoms with Crippen molar-refractivity contribution in [3.8, 4) is 0 Å². The summed E-state index contributed by atoms with van der Waals surface area (Å²) in [6, 6.07) is 13.2. The summed E-state index contributed by atoms with van der Waals surface area (Å²) in [5.74, 6) is -1.34. The highest BCUT2D eigenvalue weighted by atomic mass is 16.4. The van der Waals surface area contributed by atoms with E-state index in [9.17, 15) is 14.7 Å². The summed E-state index contributed by atoms with van der Waals surface area (Å²) >= 11 is 0. The molecular weight excluding hydrogens is 282 g/mol. The number of fused-ring (bicyclic) bond motifs is 1. The van der Waals surface area contributed by atoms with Crippen molar-refractivity contribution in [3.63, 3.8) is 0 Å². The minimum Gasteiger partial charge on any atom is -0.479 e. The van der Waals surface area contributed by atoms with Crippen molar-refractivity contribution >= 4 is 22.6 Å². The Hall–Kier alpha value is -2.40. The maximum atomic E-state index is 12.7. The standard InChI is InChI=1S/C17H17NO4/c19-15(18-10-8-17(22,9-11-18)16(20)21)14-7-3-5-12-4-1-2-6-13(12)14/h1-7,22H,8-11H2,(H,20,21). The van der Waals surface area contributed by atoms with Crippen LogP contribution in [0.25, 0.3) is 10.8 Å². The summed E-state index contributed by atoms with van der Waals surface area (Å²) in [7, 11) is 0. The largest absolute Gasteiger partial charge is 0.479 e. The molecule has 5 heteroatoms. The van der Waals surface area contributed by atoms with Gasteiger partial charge in [0, 0.05) is 31.5 Å². The van der Waals surface area contributed by atoms with Gasteiger partial charge in [-0.2, -0.15) is 0 Å². The second kappa shape index (κ2) is 5.42. The van der Waals surface area contributed by atoms with Crippen molar-refractivity contribution in [2.75, 3.05) is 13.1 Å². The zero-order chi connectivity index (χ0) is 15.7. The van der Waals surface area contributed by atoms with Gasteiger partial charge in [0.2, 0.25) is 0 Å². The van der Waals surface area contributed by atoms with E-state index in [1.807, 2.05) is 36.4 Å². The molecule has 0 spiro atoms. The molecule has 1 heterocycles. The molecule has 0 aromatic heterocycles. The average Bonchev–Trinajstić information content (AvgIpc) is 2.54. The van der Waals surface area contributed by atoms with E-state index >= 15 is 0 Å². The first-order valence-electron chi connectivity index (χ1n) is 7.24. The summed E-state index contributed by atoms with van der Waals surface area (Å²) in [5, 5.41) is 20.9. The normalized spacial score (nSPS) is 17.4. The first-order chi connectivity index (χ1) is 10.5. The Morgan fingerprint density at radius 1 is 1.00 bits per heavy atom. The molecule has 0 unspecified atom stereocenters. The van der Waals surface area contributed by atoms with Gasteiger partial charge < -0.3 is 15.1 Å². The summed E-state index contributed by atoms with van der Waals surface area (Å²) in [6.45, 7) is 0.482. The highest BCUT2D eigenvalue weighted by molar-refractivity contribution is 6.07. The van der Waals surface area contributed by atoms with Gasteiger partial charge in [0.1, 0.15) is 0 Å². The molecule has 2 aromatic carbocycles. The Balaban J connectivity index is 1.84. The van der Waals surface area contributed by atoms with Crippen LogP contribution in [0.3, 0.4) is 0 Å². The number of piperidine rings is 1. The Bertz CT molecular complexity index is 727. The number of carbonyl (C=O) groups excluding carboxylic acids is 1. The molecular formula is C17H17NO4. The molecule has 1 aliphatic rings. The van der Waals surface area contributed by atoms with Gasteiger partial charge in [0.25, 0.3) is 5.91 Å².